The van der Waals surface area contributed by atoms with Gasteiger partial charge in [-0.2, -0.15) is 0 Å². The second kappa shape index (κ2) is 5.52. The number of aryl methyl sites for hydroxylation is 2. The van der Waals surface area contributed by atoms with Crippen LogP contribution in [0, 0.1) is 13.8 Å². The number of amides is 2. The zero-order chi connectivity index (χ0) is 15.0. The van der Waals surface area contributed by atoms with E-state index in [0.717, 1.165) is 30.0 Å². The van der Waals surface area contributed by atoms with Crippen molar-refractivity contribution >= 4 is 17.4 Å². The minimum absolute atomic E-state index is 0.0284. The monoisotopic (exact) mass is 305 g/mol. The Morgan fingerprint density at radius 2 is 2.38 bits per heavy atom. The van der Waals surface area contributed by atoms with Gasteiger partial charge < -0.3 is 14.7 Å². The second-order valence-corrected chi connectivity index (χ2v) is 6.38. The minimum Gasteiger partial charge on any atom is -0.361 e. The van der Waals surface area contributed by atoms with Crippen LogP contribution in [0.3, 0.4) is 0 Å². The van der Waals surface area contributed by atoms with Gasteiger partial charge in [-0.15, -0.1) is 11.3 Å². The number of hydrogen-bond donors (Lipinski definition) is 1. The van der Waals surface area contributed by atoms with Crippen LogP contribution in [0.4, 0.5) is 4.79 Å². The van der Waals surface area contributed by atoms with Crippen molar-refractivity contribution in [1.82, 2.24) is 15.4 Å². The molecule has 2 aromatic rings. The lowest BCUT2D eigenvalue weighted by atomic mass is 10.0. The van der Waals surface area contributed by atoms with Crippen molar-refractivity contribution in [1.29, 1.82) is 0 Å². The molecule has 0 fully saturated rings. The second-order valence-electron chi connectivity index (χ2n) is 5.38. The summed E-state index contributed by atoms with van der Waals surface area (Å²) in [4.78, 5) is 15.7. The smallest absolute Gasteiger partial charge is 0.318 e. The van der Waals surface area contributed by atoms with Crippen LogP contribution in [0.15, 0.2) is 16.0 Å². The average molecular weight is 305 g/mol. The predicted octanol–water partition coefficient (Wildman–Crippen LogP) is 3.18. The van der Waals surface area contributed by atoms with Crippen LogP contribution in [0.25, 0.3) is 0 Å². The van der Waals surface area contributed by atoms with E-state index in [-0.39, 0.29) is 12.1 Å². The fourth-order valence-electron chi connectivity index (χ4n) is 2.81. The Morgan fingerprint density at radius 3 is 3.10 bits per heavy atom. The summed E-state index contributed by atoms with van der Waals surface area (Å²) in [6, 6.07) is 2.22. The molecule has 5 nitrogen and oxygen atoms in total. The van der Waals surface area contributed by atoms with Gasteiger partial charge in [0.25, 0.3) is 0 Å². The van der Waals surface area contributed by atoms with Crippen LogP contribution in [0.1, 0.15) is 40.4 Å². The maximum atomic E-state index is 12.4. The van der Waals surface area contributed by atoms with Crippen LogP contribution in [0.5, 0.6) is 0 Å². The van der Waals surface area contributed by atoms with E-state index in [1.54, 1.807) is 11.3 Å². The molecule has 0 saturated carbocycles. The van der Waals surface area contributed by atoms with Crippen molar-refractivity contribution in [3.63, 3.8) is 0 Å². The summed E-state index contributed by atoms with van der Waals surface area (Å²) in [6.45, 7) is 7.06. The molecule has 0 radical (unpaired) electrons. The fraction of sp³-hybridized carbons (Fsp3) is 0.467. The van der Waals surface area contributed by atoms with Crippen molar-refractivity contribution in [2.45, 2.75) is 39.8 Å². The zero-order valence-electron chi connectivity index (χ0n) is 12.5. The number of aromatic nitrogens is 1. The van der Waals surface area contributed by atoms with E-state index in [1.807, 2.05) is 18.7 Å². The van der Waals surface area contributed by atoms with E-state index >= 15 is 0 Å². The van der Waals surface area contributed by atoms with E-state index in [4.69, 9.17) is 4.52 Å². The molecule has 0 saturated heterocycles. The SMILES string of the molecule is Cc1noc(C)c1CNC(=O)N1CCc2sccc2[C@H]1C. The average Bonchev–Trinajstić information content (AvgIpc) is 3.05. The van der Waals surface area contributed by atoms with Gasteiger partial charge in [-0.3, -0.25) is 0 Å². The van der Waals surface area contributed by atoms with E-state index in [1.165, 1.54) is 10.4 Å². The summed E-state index contributed by atoms with van der Waals surface area (Å²) in [7, 11) is 0. The molecule has 21 heavy (non-hydrogen) atoms. The van der Waals surface area contributed by atoms with Crippen molar-refractivity contribution in [3.8, 4) is 0 Å². The van der Waals surface area contributed by atoms with Gasteiger partial charge in [-0.25, -0.2) is 4.79 Å². The van der Waals surface area contributed by atoms with Crippen LogP contribution >= 0.6 is 11.3 Å². The third-order valence-corrected chi connectivity index (χ3v) is 5.13. The summed E-state index contributed by atoms with van der Waals surface area (Å²) in [5.41, 5.74) is 3.07. The van der Waals surface area contributed by atoms with Crippen LogP contribution in [-0.4, -0.2) is 22.6 Å². The molecule has 0 bridgehead atoms. The van der Waals surface area contributed by atoms with Gasteiger partial charge in [0.15, 0.2) is 0 Å². The van der Waals surface area contributed by atoms with E-state index < -0.39 is 0 Å². The standard InChI is InChI=1S/C15H19N3O2S/c1-9-13(11(3)20-17-9)8-16-15(19)18-6-4-14-12(10(18)2)5-7-21-14/h5,7,10H,4,6,8H2,1-3H3,(H,16,19)/t10-/m1/s1. The van der Waals surface area contributed by atoms with Crippen molar-refractivity contribution in [2.75, 3.05) is 6.54 Å². The Labute approximate surface area is 127 Å². The Kier molecular flexibility index (Phi) is 3.71. The lowest BCUT2D eigenvalue weighted by molar-refractivity contribution is 0.175. The van der Waals surface area contributed by atoms with Gasteiger partial charge in [-0.05, 0) is 44.2 Å². The topological polar surface area (TPSA) is 58.4 Å². The van der Waals surface area contributed by atoms with Gasteiger partial charge in [0.2, 0.25) is 0 Å². The van der Waals surface area contributed by atoms with Crippen LogP contribution < -0.4 is 5.32 Å². The minimum atomic E-state index is -0.0284. The summed E-state index contributed by atoms with van der Waals surface area (Å²) in [5, 5.41) is 8.99. The Hall–Kier alpha value is -1.82. The Balaban J connectivity index is 1.67. The number of fused-ring (bicyclic) bond motifs is 1. The Morgan fingerprint density at radius 1 is 1.57 bits per heavy atom. The zero-order valence-corrected chi connectivity index (χ0v) is 13.3. The highest BCUT2D eigenvalue weighted by molar-refractivity contribution is 7.10. The number of hydrogen-bond acceptors (Lipinski definition) is 4. The highest BCUT2D eigenvalue weighted by Crippen LogP contribution is 2.32. The van der Waals surface area contributed by atoms with Gasteiger partial charge >= 0.3 is 6.03 Å². The molecule has 3 heterocycles. The molecule has 3 rings (SSSR count). The largest absolute Gasteiger partial charge is 0.361 e. The molecule has 1 aliphatic heterocycles. The van der Waals surface area contributed by atoms with Crippen molar-refractivity contribution < 1.29 is 9.32 Å². The molecular formula is C15H19N3O2S. The molecule has 1 N–H and O–H groups in total. The first-order valence-electron chi connectivity index (χ1n) is 7.10. The quantitative estimate of drug-likeness (QED) is 0.927. The maximum absolute atomic E-state index is 12.4. The lowest BCUT2D eigenvalue weighted by Crippen LogP contribution is -2.44. The van der Waals surface area contributed by atoms with E-state index in [0.29, 0.717) is 6.54 Å². The third-order valence-electron chi connectivity index (χ3n) is 4.14. The highest BCUT2D eigenvalue weighted by atomic mass is 32.1. The summed E-state index contributed by atoms with van der Waals surface area (Å²) >= 11 is 1.78. The molecule has 0 spiro atoms. The van der Waals surface area contributed by atoms with Gasteiger partial charge in [0.05, 0.1) is 11.7 Å². The van der Waals surface area contributed by atoms with Crippen LogP contribution in [-0.2, 0) is 13.0 Å². The summed E-state index contributed by atoms with van der Waals surface area (Å²) in [5.74, 6) is 0.764. The first-order chi connectivity index (χ1) is 10.1. The molecule has 6 heteroatoms. The first kappa shape index (κ1) is 14.1. The predicted molar refractivity (Wildman–Crippen MR) is 81.4 cm³/mol. The third kappa shape index (κ3) is 2.55. The maximum Gasteiger partial charge on any atom is 0.318 e. The normalized spacial score (nSPS) is 17.7. The van der Waals surface area contributed by atoms with E-state index in [2.05, 4.69) is 28.8 Å². The molecule has 0 aromatic carbocycles. The highest BCUT2D eigenvalue weighted by Gasteiger charge is 2.28. The molecule has 1 atom stereocenters. The van der Waals surface area contributed by atoms with Gasteiger partial charge in [-0.1, -0.05) is 5.16 Å². The first-order valence-corrected chi connectivity index (χ1v) is 7.98. The summed E-state index contributed by atoms with van der Waals surface area (Å²) < 4.78 is 5.12. The molecule has 2 aromatic heterocycles. The number of nitrogens with zero attached hydrogens (tertiary/aromatic N) is 2. The number of urea groups is 1. The summed E-state index contributed by atoms with van der Waals surface area (Å²) in [6.07, 6.45) is 0.941. The van der Waals surface area contributed by atoms with Crippen molar-refractivity contribution in [3.05, 3.63) is 38.9 Å². The lowest BCUT2D eigenvalue weighted by Gasteiger charge is -2.33. The molecule has 112 valence electrons. The van der Waals surface area contributed by atoms with Crippen LogP contribution in [0.2, 0.25) is 0 Å². The fourth-order valence-corrected chi connectivity index (χ4v) is 3.77. The van der Waals surface area contributed by atoms with E-state index in [9.17, 15) is 4.79 Å². The van der Waals surface area contributed by atoms with Crippen molar-refractivity contribution in [2.24, 2.45) is 0 Å². The number of carbonyl (C=O) groups excluding carboxylic acids is 1. The molecule has 0 aliphatic carbocycles. The number of rotatable bonds is 2. The Bertz CT molecular complexity index is 642. The number of nitrogens with one attached hydrogen (secondary N) is 1. The molecule has 2 amide bonds. The molecule has 1 aliphatic rings. The molecule has 0 unspecified atom stereocenters. The number of thiophene rings is 1. The molecular weight excluding hydrogens is 286 g/mol. The van der Waals surface area contributed by atoms with Gasteiger partial charge in [0.1, 0.15) is 5.76 Å². The number of carbonyl (C=O) groups is 1. The van der Waals surface area contributed by atoms with Gasteiger partial charge in [0, 0.05) is 23.5 Å².